The number of sulfonamides is 1. The highest BCUT2D eigenvalue weighted by Crippen LogP contribution is 2.15. The summed E-state index contributed by atoms with van der Waals surface area (Å²) in [5.41, 5.74) is 0.783. The molecule has 6 nitrogen and oxygen atoms in total. The van der Waals surface area contributed by atoms with E-state index in [0.29, 0.717) is 19.6 Å². The Labute approximate surface area is 193 Å². The van der Waals surface area contributed by atoms with Gasteiger partial charge in [-0.1, -0.05) is 60.7 Å². The van der Waals surface area contributed by atoms with Gasteiger partial charge in [-0.05, 0) is 49.1 Å². The molecule has 2 N–H and O–H groups in total. The summed E-state index contributed by atoms with van der Waals surface area (Å²) in [7, 11) is -4.23. The van der Waals surface area contributed by atoms with E-state index >= 15 is 0 Å². The van der Waals surface area contributed by atoms with Gasteiger partial charge in [0.1, 0.15) is 22.5 Å². The minimum Gasteiger partial charge on any atom is -0.494 e. The van der Waals surface area contributed by atoms with Gasteiger partial charge < -0.3 is 10.1 Å². The smallest absolute Gasteiger partial charge is 0.244 e. The van der Waals surface area contributed by atoms with Crippen LogP contribution in [0.4, 0.5) is 4.39 Å². The largest absolute Gasteiger partial charge is 0.494 e. The van der Waals surface area contributed by atoms with E-state index in [2.05, 4.69) is 10.0 Å². The maximum Gasteiger partial charge on any atom is 0.244 e. The molecule has 0 aliphatic carbocycles. The van der Waals surface area contributed by atoms with E-state index in [4.69, 9.17) is 4.74 Å². The molecule has 1 amide bonds. The molecule has 0 saturated heterocycles. The van der Waals surface area contributed by atoms with Gasteiger partial charge in [0.05, 0.1) is 6.61 Å². The summed E-state index contributed by atoms with van der Waals surface area (Å²) in [4.78, 5) is 12.3. The Morgan fingerprint density at radius 2 is 1.52 bits per heavy atom. The normalized spacial score (nSPS) is 12.2. The molecule has 3 aromatic rings. The molecule has 0 aliphatic rings. The van der Waals surface area contributed by atoms with Crippen molar-refractivity contribution in [3.05, 3.63) is 96.3 Å². The van der Waals surface area contributed by atoms with Crippen LogP contribution >= 0.6 is 0 Å². The van der Waals surface area contributed by atoms with Crippen LogP contribution in [0.5, 0.6) is 5.75 Å². The Morgan fingerprint density at radius 3 is 2.21 bits per heavy atom. The summed E-state index contributed by atoms with van der Waals surface area (Å²) in [6, 6.07) is 22.5. The minimum absolute atomic E-state index is 0.136. The van der Waals surface area contributed by atoms with E-state index in [1.54, 1.807) is 12.1 Å². The fraction of sp³-hybridized carbons (Fsp3) is 0.240. The molecule has 0 aromatic heterocycles. The van der Waals surface area contributed by atoms with Gasteiger partial charge in [-0.25, -0.2) is 12.8 Å². The molecule has 1 atom stereocenters. The topological polar surface area (TPSA) is 84.5 Å². The van der Waals surface area contributed by atoms with E-state index in [0.717, 1.165) is 23.8 Å². The average molecular weight is 471 g/mol. The average Bonchev–Trinajstić information content (AvgIpc) is 2.82. The van der Waals surface area contributed by atoms with E-state index in [1.807, 2.05) is 48.5 Å². The van der Waals surface area contributed by atoms with E-state index < -0.39 is 32.7 Å². The number of carbonyl (C=O) groups is 1. The number of carbonyl (C=O) groups excluding carboxylic acids is 1. The molecule has 0 aliphatic heterocycles. The predicted molar refractivity (Wildman–Crippen MR) is 125 cm³/mol. The molecule has 33 heavy (non-hydrogen) atoms. The van der Waals surface area contributed by atoms with Gasteiger partial charge in [-0.2, -0.15) is 4.72 Å². The maximum atomic E-state index is 14.1. The van der Waals surface area contributed by atoms with Gasteiger partial charge in [0.15, 0.2) is 0 Å². The third-order valence-corrected chi connectivity index (χ3v) is 6.41. The van der Waals surface area contributed by atoms with Gasteiger partial charge in [0.2, 0.25) is 15.9 Å². The zero-order valence-electron chi connectivity index (χ0n) is 18.1. The molecular weight excluding hydrogens is 443 g/mol. The lowest BCUT2D eigenvalue weighted by molar-refractivity contribution is -0.122. The van der Waals surface area contributed by atoms with Crippen molar-refractivity contribution < 1.29 is 22.3 Å². The standard InChI is InChI=1S/C25H27FN2O4S/c26-22-15-7-8-16-24(22)33(30,31)28-23(19-20-11-3-1-4-12-20)25(29)27-17-9-10-18-32-21-13-5-2-6-14-21/h1-8,11-16,23,28H,9-10,17-19H2,(H,27,29). The molecule has 3 rings (SSSR count). The zero-order chi connectivity index (χ0) is 23.5. The van der Waals surface area contributed by atoms with Crippen molar-refractivity contribution in [1.29, 1.82) is 0 Å². The number of para-hydroxylation sites is 1. The van der Waals surface area contributed by atoms with Crippen molar-refractivity contribution in [2.75, 3.05) is 13.2 Å². The van der Waals surface area contributed by atoms with Crippen molar-refractivity contribution in [3.63, 3.8) is 0 Å². The molecule has 174 valence electrons. The van der Waals surface area contributed by atoms with Gasteiger partial charge in [-0.3, -0.25) is 4.79 Å². The summed E-state index contributed by atoms with van der Waals surface area (Å²) in [6.07, 6.45) is 1.52. The lowest BCUT2D eigenvalue weighted by Gasteiger charge is -2.19. The van der Waals surface area contributed by atoms with Crippen LogP contribution in [0.1, 0.15) is 18.4 Å². The number of amides is 1. The Bertz CT molecular complexity index is 1130. The number of nitrogens with one attached hydrogen (secondary N) is 2. The molecule has 3 aromatic carbocycles. The lowest BCUT2D eigenvalue weighted by Crippen LogP contribution is -2.48. The van der Waals surface area contributed by atoms with Crippen molar-refractivity contribution in [2.24, 2.45) is 0 Å². The number of unbranched alkanes of at least 4 members (excludes halogenated alkanes) is 1. The first-order chi connectivity index (χ1) is 16.0. The highest BCUT2D eigenvalue weighted by molar-refractivity contribution is 7.89. The molecule has 1 unspecified atom stereocenters. The van der Waals surface area contributed by atoms with Crippen LogP contribution in [0.2, 0.25) is 0 Å². The van der Waals surface area contributed by atoms with E-state index in [-0.39, 0.29) is 6.42 Å². The minimum atomic E-state index is -4.23. The second-order valence-corrected chi connectivity index (χ2v) is 9.14. The molecule has 0 bridgehead atoms. The van der Waals surface area contributed by atoms with Crippen LogP contribution in [-0.4, -0.2) is 33.5 Å². The summed E-state index contributed by atoms with van der Waals surface area (Å²) in [5.74, 6) is -0.558. The molecular formula is C25H27FN2O4S. The summed E-state index contributed by atoms with van der Waals surface area (Å²) in [5, 5.41) is 2.78. The Hall–Kier alpha value is -3.23. The molecule has 0 spiro atoms. The quantitative estimate of drug-likeness (QED) is 0.396. The Kier molecular flexibility index (Phi) is 8.97. The summed E-state index contributed by atoms with van der Waals surface area (Å²) in [6.45, 7) is 0.872. The third kappa shape index (κ3) is 7.69. The first-order valence-corrected chi connectivity index (χ1v) is 12.2. The predicted octanol–water partition coefficient (Wildman–Crippen LogP) is 3.69. The second-order valence-electron chi connectivity index (χ2n) is 7.45. The number of ether oxygens (including phenoxy) is 1. The van der Waals surface area contributed by atoms with Crippen molar-refractivity contribution >= 4 is 15.9 Å². The van der Waals surface area contributed by atoms with E-state index in [1.165, 1.54) is 18.2 Å². The van der Waals surface area contributed by atoms with E-state index in [9.17, 15) is 17.6 Å². The first-order valence-electron chi connectivity index (χ1n) is 10.7. The Morgan fingerprint density at radius 1 is 0.879 bits per heavy atom. The highest BCUT2D eigenvalue weighted by Gasteiger charge is 2.27. The van der Waals surface area contributed by atoms with Gasteiger partial charge in [0.25, 0.3) is 0 Å². The van der Waals surface area contributed by atoms with Crippen LogP contribution in [0.15, 0.2) is 89.8 Å². The maximum absolute atomic E-state index is 14.1. The number of hydrogen-bond donors (Lipinski definition) is 2. The number of benzene rings is 3. The zero-order valence-corrected chi connectivity index (χ0v) is 18.9. The van der Waals surface area contributed by atoms with Crippen LogP contribution in [0, 0.1) is 5.82 Å². The van der Waals surface area contributed by atoms with Gasteiger partial charge in [-0.15, -0.1) is 0 Å². The van der Waals surface area contributed by atoms with Gasteiger partial charge >= 0.3 is 0 Å². The van der Waals surface area contributed by atoms with Crippen LogP contribution in [0.3, 0.4) is 0 Å². The van der Waals surface area contributed by atoms with Crippen LogP contribution in [-0.2, 0) is 21.2 Å². The van der Waals surface area contributed by atoms with Gasteiger partial charge in [0, 0.05) is 6.54 Å². The fourth-order valence-electron chi connectivity index (χ4n) is 3.22. The van der Waals surface area contributed by atoms with Crippen molar-refractivity contribution in [1.82, 2.24) is 10.0 Å². The monoisotopic (exact) mass is 470 g/mol. The molecule has 0 saturated carbocycles. The first kappa shape index (κ1) is 24.4. The number of hydrogen-bond acceptors (Lipinski definition) is 4. The lowest BCUT2D eigenvalue weighted by atomic mass is 10.1. The number of rotatable bonds is 12. The highest BCUT2D eigenvalue weighted by atomic mass is 32.2. The molecule has 0 fully saturated rings. The molecule has 0 heterocycles. The Balaban J connectivity index is 1.57. The number of halogens is 1. The second kappa shape index (κ2) is 12.1. The third-order valence-electron chi connectivity index (χ3n) is 4.90. The fourth-order valence-corrected chi connectivity index (χ4v) is 4.49. The van der Waals surface area contributed by atoms with Crippen molar-refractivity contribution in [3.8, 4) is 5.75 Å². The summed E-state index contributed by atoms with van der Waals surface area (Å²) < 4.78 is 47.6. The molecule has 8 heteroatoms. The SMILES string of the molecule is O=C(NCCCCOc1ccccc1)C(Cc1ccccc1)NS(=O)(=O)c1ccccc1F. The molecule has 0 radical (unpaired) electrons. The van der Waals surface area contributed by atoms with Crippen LogP contribution < -0.4 is 14.8 Å². The van der Waals surface area contributed by atoms with Crippen LogP contribution in [0.25, 0.3) is 0 Å². The summed E-state index contributed by atoms with van der Waals surface area (Å²) >= 11 is 0. The van der Waals surface area contributed by atoms with Crippen molar-refractivity contribution in [2.45, 2.75) is 30.2 Å².